The number of carbonyl (C=O) groups is 1. The van der Waals surface area contributed by atoms with E-state index in [0.717, 1.165) is 0 Å². The highest BCUT2D eigenvalue weighted by Gasteiger charge is 2.32. The van der Waals surface area contributed by atoms with Gasteiger partial charge in [-0.2, -0.15) is 0 Å². The first-order valence-electron chi connectivity index (χ1n) is 2.94. The molecule has 0 atom stereocenters. The summed E-state index contributed by atoms with van der Waals surface area (Å²) in [4.78, 5) is 10.9. The van der Waals surface area contributed by atoms with E-state index in [0.29, 0.717) is 5.76 Å². The highest BCUT2D eigenvalue weighted by molar-refractivity contribution is 5.98. The average molecular weight is 126 g/mol. The van der Waals surface area contributed by atoms with Crippen molar-refractivity contribution in [2.24, 2.45) is 0 Å². The second-order valence-electron chi connectivity index (χ2n) is 2.73. The van der Waals surface area contributed by atoms with Crippen LogP contribution in [0.3, 0.4) is 0 Å². The molecule has 0 saturated heterocycles. The minimum Gasteiger partial charge on any atom is -0.484 e. The summed E-state index contributed by atoms with van der Waals surface area (Å²) in [6.45, 7) is 5.32. The van der Waals surface area contributed by atoms with Gasteiger partial charge in [-0.3, -0.25) is 4.79 Å². The Kier molecular flexibility index (Phi) is 1.12. The van der Waals surface area contributed by atoms with Crippen LogP contribution in [-0.4, -0.2) is 11.4 Å². The lowest BCUT2D eigenvalue weighted by Gasteiger charge is -2.16. The van der Waals surface area contributed by atoms with Crippen molar-refractivity contribution in [2.75, 3.05) is 0 Å². The largest absolute Gasteiger partial charge is 0.484 e. The molecule has 1 aliphatic rings. The van der Waals surface area contributed by atoms with Crippen LogP contribution < -0.4 is 0 Å². The molecule has 1 aliphatic heterocycles. The molecule has 2 heteroatoms. The van der Waals surface area contributed by atoms with E-state index in [1.165, 1.54) is 6.08 Å². The summed E-state index contributed by atoms with van der Waals surface area (Å²) >= 11 is 0. The van der Waals surface area contributed by atoms with Gasteiger partial charge in [0.2, 0.25) is 5.78 Å². The lowest BCUT2D eigenvalue weighted by molar-refractivity contribution is -0.126. The van der Waals surface area contributed by atoms with Crippen molar-refractivity contribution < 1.29 is 9.53 Å². The van der Waals surface area contributed by atoms with E-state index < -0.39 is 5.60 Å². The number of allylic oxidation sites excluding steroid dienone is 1. The molecule has 0 bridgehead atoms. The predicted octanol–water partition coefficient (Wildman–Crippen LogP) is 1.27. The van der Waals surface area contributed by atoms with Crippen molar-refractivity contribution >= 4 is 5.78 Å². The van der Waals surface area contributed by atoms with Gasteiger partial charge in [-0.25, -0.2) is 0 Å². The van der Waals surface area contributed by atoms with E-state index in [9.17, 15) is 4.79 Å². The highest BCUT2D eigenvalue weighted by Crippen LogP contribution is 2.22. The molecule has 1 rings (SSSR count). The minimum absolute atomic E-state index is 0.0556. The van der Waals surface area contributed by atoms with Gasteiger partial charge in [0.15, 0.2) is 5.60 Å². The maximum Gasteiger partial charge on any atom is 0.201 e. The van der Waals surface area contributed by atoms with Gasteiger partial charge in [-0.1, -0.05) is 0 Å². The van der Waals surface area contributed by atoms with E-state index in [1.54, 1.807) is 20.8 Å². The molecule has 0 aromatic rings. The third-order valence-corrected chi connectivity index (χ3v) is 1.34. The average Bonchev–Trinajstić information content (AvgIpc) is 1.79. The number of hydrogen-bond donors (Lipinski definition) is 0. The van der Waals surface area contributed by atoms with Crippen LogP contribution >= 0.6 is 0 Å². The summed E-state index contributed by atoms with van der Waals surface area (Å²) in [5.41, 5.74) is -0.607. The molecule has 0 aromatic carbocycles. The Morgan fingerprint density at radius 2 is 2.11 bits per heavy atom. The Morgan fingerprint density at radius 1 is 1.56 bits per heavy atom. The molecule has 0 saturated carbocycles. The first-order valence-corrected chi connectivity index (χ1v) is 2.94. The van der Waals surface area contributed by atoms with Crippen molar-refractivity contribution in [1.29, 1.82) is 0 Å². The first kappa shape index (κ1) is 6.33. The van der Waals surface area contributed by atoms with Gasteiger partial charge in [-0.05, 0) is 20.8 Å². The smallest absolute Gasteiger partial charge is 0.201 e. The van der Waals surface area contributed by atoms with Crippen LogP contribution in [0.25, 0.3) is 0 Å². The fourth-order valence-electron chi connectivity index (χ4n) is 0.841. The first-order chi connectivity index (χ1) is 4.02. The maximum atomic E-state index is 10.9. The second kappa shape index (κ2) is 1.59. The minimum atomic E-state index is -0.607. The molecule has 0 aliphatic carbocycles. The Balaban J connectivity index is 2.84. The predicted molar refractivity (Wildman–Crippen MR) is 33.9 cm³/mol. The number of rotatable bonds is 0. The SMILES string of the molecule is CC1=CC(=O)C(C)(C)O1. The van der Waals surface area contributed by atoms with Crippen molar-refractivity contribution in [3.63, 3.8) is 0 Å². The van der Waals surface area contributed by atoms with Crippen LogP contribution in [0.1, 0.15) is 20.8 Å². The summed E-state index contributed by atoms with van der Waals surface area (Å²) < 4.78 is 5.17. The maximum absolute atomic E-state index is 10.9. The molecule has 0 aromatic heterocycles. The molecule has 0 spiro atoms. The normalized spacial score (nSPS) is 23.4. The monoisotopic (exact) mass is 126 g/mol. The third kappa shape index (κ3) is 0.969. The Morgan fingerprint density at radius 3 is 2.22 bits per heavy atom. The van der Waals surface area contributed by atoms with Crippen molar-refractivity contribution in [3.8, 4) is 0 Å². The van der Waals surface area contributed by atoms with Crippen LogP contribution in [-0.2, 0) is 9.53 Å². The van der Waals surface area contributed by atoms with Gasteiger partial charge >= 0.3 is 0 Å². The lowest BCUT2D eigenvalue weighted by Crippen LogP contribution is -2.27. The van der Waals surface area contributed by atoms with E-state index in [1.807, 2.05) is 0 Å². The topological polar surface area (TPSA) is 26.3 Å². The molecule has 0 unspecified atom stereocenters. The molecular formula is C7H10O2. The molecule has 0 fully saturated rings. The van der Waals surface area contributed by atoms with Crippen molar-refractivity contribution in [3.05, 3.63) is 11.8 Å². The number of ketones is 1. The number of ether oxygens (including phenoxy) is 1. The van der Waals surface area contributed by atoms with Gasteiger partial charge in [0, 0.05) is 6.08 Å². The lowest BCUT2D eigenvalue weighted by atomic mass is 10.1. The van der Waals surface area contributed by atoms with Gasteiger partial charge in [0.25, 0.3) is 0 Å². The molecule has 2 nitrogen and oxygen atoms in total. The number of hydrogen-bond acceptors (Lipinski definition) is 2. The Labute approximate surface area is 54.5 Å². The summed E-state index contributed by atoms with van der Waals surface area (Å²) in [7, 11) is 0. The van der Waals surface area contributed by atoms with Gasteiger partial charge in [-0.15, -0.1) is 0 Å². The molecule has 1 heterocycles. The zero-order valence-corrected chi connectivity index (χ0v) is 5.89. The van der Waals surface area contributed by atoms with Crippen LogP contribution in [0, 0.1) is 0 Å². The van der Waals surface area contributed by atoms with Crippen LogP contribution in [0.2, 0.25) is 0 Å². The van der Waals surface area contributed by atoms with Crippen molar-refractivity contribution in [1.82, 2.24) is 0 Å². The van der Waals surface area contributed by atoms with Gasteiger partial charge in [0.05, 0.1) is 5.76 Å². The van der Waals surface area contributed by atoms with E-state index >= 15 is 0 Å². The Bertz CT molecular complexity index is 177. The van der Waals surface area contributed by atoms with Gasteiger partial charge < -0.3 is 4.74 Å². The van der Waals surface area contributed by atoms with E-state index in [-0.39, 0.29) is 5.78 Å². The standard InChI is InChI=1S/C7H10O2/c1-5-4-6(8)7(2,3)9-5/h4H,1-3H3. The summed E-state index contributed by atoms with van der Waals surface area (Å²) in [5, 5.41) is 0. The molecule has 0 amide bonds. The van der Waals surface area contributed by atoms with Crippen LogP contribution in [0.4, 0.5) is 0 Å². The zero-order valence-electron chi connectivity index (χ0n) is 5.89. The fourth-order valence-corrected chi connectivity index (χ4v) is 0.841. The van der Waals surface area contributed by atoms with Crippen molar-refractivity contribution in [2.45, 2.75) is 26.4 Å². The van der Waals surface area contributed by atoms with Crippen LogP contribution in [0.15, 0.2) is 11.8 Å². The molecule has 0 N–H and O–H groups in total. The second-order valence-corrected chi connectivity index (χ2v) is 2.73. The molecule has 50 valence electrons. The fraction of sp³-hybridized carbons (Fsp3) is 0.571. The highest BCUT2D eigenvalue weighted by atomic mass is 16.5. The summed E-state index contributed by atoms with van der Waals surface area (Å²) in [6, 6.07) is 0. The zero-order chi connectivity index (χ0) is 7.07. The Hall–Kier alpha value is -0.790. The van der Waals surface area contributed by atoms with Crippen LogP contribution in [0.5, 0.6) is 0 Å². The van der Waals surface area contributed by atoms with E-state index in [4.69, 9.17) is 4.74 Å². The third-order valence-electron chi connectivity index (χ3n) is 1.34. The summed E-state index contributed by atoms with van der Waals surface area (Å²) in [5.74, 6) is 0.769. The molecule has 9 heavy (non-hydrogen) atoms. The molecule has 0 radical (unpaired) electrons. The van der Waals surface area contributed by atoms with Gasteiger partial charge in [0.1, 0.15) is 0 Å². The van der Waals surface area contributed by atoms with E-state index in [2.05, 4.69) is 0 Å². The summed E-state index contributed by atoms with van der Waals surface area (Å²) in [6.07, 6.45) is 1.53. The number of carbonyl (C=O) groups excluding carboxylic acids is 1. The quantitative estimate of drug-likeness (QED) is 0.488. The molecular weight excluding hydrogens is 116 g/mol.